The zero-order valence-electron chi connectivity index (χ0n) is 11.1. The second kappa shape index (κ2) is 7.37. The molecule has 0 aliphatic carbocycles. The molecule has 1 unspecified atom stereocenters. The smallest absolute Gasteiger partial charge is 0.0965 e. The van der Waals surface area contributed by atoms with E-state index in [-0.39, 0.29) is 6.61 Å². The number of hydrogen-bond donors (Lipinski definition) is 2. The van der Waals surface area contributed by atoms with E-state index < -0.39 is 0 Å². The number of nitrogens with zero attached hydrogens (tertiary/aromatic N) is 3. The summed E-state index contributed by atoms with van der Waals surface area (Å²) in [5.41, 5.74) is 0.908. The highest BCUT2D eigenvalue weighted by atomic mass is 32.1. The van der Waals surface area contributed by atoms with Gasteiger partial charge in [-0.3, -0.25) is 0 Å². The maximum Gasteiger partial charge on any atom is 0.0965 e. The summed E-state index contributed by atoms with van der Waals surface area (Å²) < 4.78 is 1.66. The molecule has 0 amide bonds. The fraction of sp³-hybridized carbons (Fsp3) is 0.538. The molecule has 1 atom stereocenters. The average Bonchev–Trinajstić information content (AvgIpc) is 3.06. The first-order valence-electron chi connectivity index (χ1n) is 6.60. The van der Waals surface area contributed by atoms with Crippen molar-refractivity contribution < 1.29 is 5.11 Å². The van der Waals surface area contributed by atoms with Crippen molar-refractivity contribution in [3.05, 3.63) is 34.3 Å². The van der Waals surface area contributed by atoms with Crippen LogP contribution in [0.25, 0.3) is 0 Å². The van der Waals surface area contributed by atoms with Crippen molar-refractivity contribution in [2.45, 2.75) is 38.9 Å². The van der Waals surface area contributed by atoms with Crippen LogP contribution >= 0.6 is 11.3 Å². The predicted octanol–water partition coefficient (Wildman–Crippen LogP) is 1.96. The average molecular weight is 280 g/mol. The van der Waals surface area contributed by atoms with Gasteiger partial charge in [0.2, 0.25) is 0 Å². The van der Waals surface area contributed by atoms with E-state index in [9.17, 15) is 0 Å². The lowest BCUT2D eigenvalue weighted by Gasteiger charge is -2.15. The number of hydrogen-bond acceptors (Lipinski definition) is 5. The quantitative estimate of drug-likeness (QED) is 0.776. The molecule has 0 fully saturated rings. The molecule has 19 heavy (non-hydrogen) atoms. The lowest BCUT2D eigenvalue weighted by atomic mass is 10.1. The molecule has 0 aromatic carbocycles. The van der Waals surface area contributed by atoms with Crippen LogP contribution in [0.3, 0.4) is 0 Å². The Labute approximate surface area is 117 Å². The number of rotatable bonds is 8. The van der Waals surface area contributed by atoms with Crippen molar-refractivity contribution in [2.24, 2.45) is 0 Å². The second-order valence-electron chi connectivity index (χ2n) is 4.43. The predicted molar refractivity (Wildman–Crippen MR) is 75.9 cm³/mol. The fourth-order valence-electron chi connectivity index (χ4n) is 1.98. The van der Waals surface area contributed by atoms with Gasteiger partial charge in [-0.1, -0.05) is 24.6 Å². The third-order valence-electron chi connectivity index (χ3n) is 2.91. The van der Waals surface area contributed by atoms with Gasteiger partial charge in [0.1, 0.15) is 0 Å². The Hall–Kier alpha value is -1.24. The maximum absolute atomic E-state index is 8.84. The molecule has 0 bridgehead atoms. The van der Waals surface area contributed by atoms with E-state index in [1.54, 1.807) is 16.0 Å². The van der Waals surface area contributed by atoms with E-state index in [0.717, 1.165) is 18.5 Å². The molecule has 0 saturated carbocycles. The Morgan fingerprint density at radius 1 is 1.53 bits per heavy atom. The van der Waals surface area contributed by atoms with Gasteiger partial charge in [-0.05, 0) is 17.9 Å². The Balaban J connectivity index is 1.90. The van der Waals surface area contributed by atoms with Crippen LogP contribution in [0.4, 0.5) is 0 Å². The summed E-state index contributed by atoms with van der Waals surface area (Å²) in [4.78, 5) is 1.37. The largest absolute Gasteiger partial charge is 0.394 e. The van der Waals surface area contributed by atoms with E-state index in [0.29, 0.717) is 19.1 Å². The first kappa shape index (κ1) is 14.2. The van der Waals surface area contributed by atoms with Crippen LogP contribution in [0.2, 0.25) is 0 Å². The summed E-state index contributed by atoms with van der Waals surface area (Å²) in [5, 5.41) is 22.5. The summed E-state index contributed by atoms with van der Waals surface area (Å²) in [6.45, 7) is 3.48. The minimum atomic E-state index is 0.0872. The summed E-state index contributed by atoms with van der Waals surface area (Å²) >= 11 is 1.78. The number of nitrogens with one attached hydrogen (secondary N) is 1. The standard InChI is InChI=1S/C13H20N4OS/c1-2-4-12(13-5-3-8-19-13)14-9-11-10-17(6-7-18)16-15-11/h3,5,8,10,12,14,18H,2,4,6-7,9H2,1H3. The van der Waals surface area contributed by atoms with Gasteiger partial charge in [0.15, 0.2) is 0 Å². The van der Waals surface area contributed by atoms with E-state index in [1.807, 2.05) is 6.20 Å². The molecule has 5 nitrogen and oxygen atoms in total. The second-order valence-corrected chi connectivity index (χ2v) is 5.41. The first-order valence-corrected chi connectivity index (χ1v) is 7.48. The van der Waals surface area contributed by atoms with Crippen LogP contribution < -0.4 is 5.32 Å². The molecule has 0 radical (unpaired) electrons. The highest BCUT2D eigenvalue weighted by molar-refractivity contribution is 7.10. The van der Waals surface area contributed by atoms with E-state index in [1.165, 1.54) is 4.88 Å². The molecule has 2 aromatic heterocycles. The molecule has 2 rings (SSSR count). The van der Waals surface area contributed by atoms with Gasteiger partial charge in [0.25, 0.3) is 0 Å². The molecular formula is C13H20N4OS. The Kier molecular flexibility index (Phi) is 5.50. The van der Waals surface area contributed by atoms with Gasteiger partial charge in [0.05, 0.1) is 18.8 Å². The summed E-state index contributed by atoms with van der Waals surface area (Å²) in [6.07, 6.45) is 4.14. The van der Waals surface area contributed by atoms with Crippen LogP contribution in [0, 0.1) is 0 Å². The third kappa shape index (κ3) is 4.12. The molecule has 2 N–H and O–H groups in total. The summed E-state index contributed by atoms with van der Waals surface area (Å²) in [7, 11) is 0. The number of aliphatic hydroxyl groups is 1. The van der Waals surface area contributed by atoms with Gasteiger partial charge in [-0.25, -0.2) is 4.68 Å². The molecule has 0 aliphatic rings. The Bertz CT molecular complexity index is 469. The van der Waals surface area contributed by atoms with Gasteiger partial charge in [-0.15, -0.1) is 16.4 Å². The van der Waals surface area contributed by atoms with Crippen molar-refractivity contribution in [1.29, 1.82) is 0 Å². The van der Waals surface area contributed by atoms with E-state index in [4.69, 9.17) is 5.11 Å². The van der Waals surface area contributed by atoms with Crippen molar-refractivity contribution in [3.8, 4) is 0 Å². The summed E-state index contributed by atoms with van der Waals surface area (Å²) in [6, 6.07) is 4.63. The minimum Gasteiger partial charge on any atom is -0.394 e. The zero-order valence-corrected chi connectivity index (χ0v) is 11.9. The molecular weight excluding hydrogens is 260 g/mol. The van der Waals surface area contributed by atoms with Crippen molar-refractivity contribution in [2.75, 3.05) is 6.61 Å². The van der Waals surface area contributed by atoms with Crippen LogP contribution in [0.1, 0.15) is 36.4 Å². The number of aromatic nitrogens is 3. The molecule has 6 heteroatoms. The topological polar surface area (TPSA) is 63.0 Å². The Morgan fingerprint density at radius 3 is 3.11 bits per heavy atom. The molecule has 0 aliphatic heterocycles. The maximum atomic E-state index is 8.84. The first-order chi connectivity index (χ1) is 9.33. The zero-order chi connectivity index (χ0) is 13.5. The SMILES string of the molecule is CCCC(NCc1cn(CCO)nn1)c1cccs1. The van der Waals surface area contributed by atoms with Crippen LogP contribution in [0.15, 0.2) is 23.7 Å². The monoisotopic (exact) mass is 280 g/mol. The van der Waals surface area contributed by atoms with Gasteiger partial charge in [0, 0.05) is 23.7 Å². The normalized spacial score (nSPS) is 12.7. The highest BCUT2D eigenvalue weighted by Gasteiger charge is 2.11. The molecule has 2 aromatic rings. The molecule has 104 valence electrons. The Morgan fingerprint density at radius 2 is 2.42 bits per heavy atom. The summed E-state index contributed by atoms with van der Waals surface area (Å²) in [5.74, 6) is 0. The fourth-order valence-corrected chi connectivity index (χ4v) is 2.82. The van der Waals surface area contributed by atoms with Gasteiger partial charge >= 0.3 is 0 Å². The van der Waals surface area contributed by atoms with Crippen molar-refractivity contribution in [1.82, 2.24) is 20.3 Å². The van der Waals surface area contributed by atoms with Crippen LogP contribution in [0.5, 0.6) is 0 Å². The lowest BCUT2D eigenvalue weighted by molar-refractivity contribution is 0.268. The molecule has 0 saturated heterocycles. The van der Waals surface area contributed by atoms with Crippen LogP contribution in [-0.2, 0) is 13.1 Å². The van der Waals surface area contributed by atoms with Crippen molar-refractivity contribution >= 4 is 11.3 Å². The number of aliphatic hydroxyl groups excluding tert-OH is 1. The molecule has 0 spiro atoms. The third-order valence-corrected chi connectivity index (χ3v) is 3.89. The number of thiophene rings is 1. The van der Waals surface area contributed by atoms with Crippen molar-refractivity contribution in [3.63, 3.8) is 0 Å². The molecule has 2 heterocycles. The van der Waals surface area contributed by atoms with E-state index in [2.05, 4.69) is 40.1 Å². The van der Waals surface area contributed by atoms with E-state index >= 15 is 0 Å². The van der Waals surface area contributed by atoms with Crippen LogP contribution in [-0.4, -0.2) is 26.7 Å². The highest BCUT2D eigenvalue weighted by Crippen LogP contribution is 2.23. The van der Waals surface area contributed by atoms with Gasteiger partial charge < -0.3 is 10.4 Å². The van der Waals surface area contributed by atoms with Gasteiger partial charge in [-0.2, -0.15) is 0 Å². The lowest BCUT2D eigenvalue weighted by Crippen LogP contribution is -2.20. The minimum absolute atomic E-state index is 0.0872.